The van der Waals surface area contributed by atoms with Crippen LogP contribution in [0.2, 0.25) is 0 Å². The first kappa shape index (κ1) is 21.8. The van der Waals surface area contributed by atoms with Gasteiger partial charge in [-0.25, -0.2) is 4.98 Å². The fraction of sp³-hybridized carbons (Fsp3) is 0.259. The molecule has 0 fully saturated rings. The lowest BCUT2D eigenvalue weighted by atomic mass is 10.1. The van der Waals surface area contributed by atoms with Crippen LogP contribution < -0.4 is 4.74 Å². The summed E-state index contributed by atoms with van der Waals surface area (Å²) < 4.78 is 7.59. The lowest BCUT2D eigenvalue weighted by Gasteiger charge is -2.23. The Labute approximate surface area is 190 Å². The summed E-state index contributed by atoms with van der Waals surface area (Å²) in [6.07, 6.45) is 5.58. The number of rotatable bonds is 8. The molecule has 0 aliphatic rings. The van der Waals surface area contributed by atoms with Crippen LogP contribution in [0.15, 0.2) is 73.2 Å². The van der Waals surface area contributed by atoms with E-state index >= 15 is 0 Å². The number of hydrogen-bond donors (Lipinski definition) is 0. The number of methoxy groups -OCH3 is 1. The molecule has 0 saturated heterocycles. The Morgan fingerprint density at radius 1 is 0.844 bits per heavy atom. The van der Waals surface area contributed by atoms with Crippen LogP contribution in [-0.4, -0.2) is 26.5 Å². The number of nitrogens with zero attached hydrogens (tertiary/aromatic N) is 4. The molecule has 0 amide bonds. The summed E-state index contributed by atoms with van der Waals surface area (Å²) >= 11 is 0. The highest BCUT2D eigenvalue weighted by Crippen LogP contribution is 2.24. The van der Waals surface area contributed by atoms with Crippen LogP contribution in [-0.2, 0) is 19.6 Å². The van der Waals surface area contributed by atoms with Crippen LogP contribution in [0.4, 0.5) is 0 Å². The van der Waals surface area contributed by atoms with Gasteiger partial charge in [-0.3, -0.25) is 9.88 Å². The summed E-state index contributed by atoms with van der Waals surface area (Å²) in [6.45, 7) is 9.00. The Kier molecular flexibility index (Phi) is 6.66. The minimum atomic E-state index is 0.846. The van der Waals surface area contributed by atoms with Crippen molar-refractivity contribution in [2.24, 2.45) is 0 Å². The van der Waals surface area contributed by atoms with Crippen LogP contribution in [0.1, 0.15) is 33.6 Å². The summed E-state index contributed by atoms with van der Waals surface area (Å²) in [4.78, 5) is 11.3. The molecule has 5 heteroatoms. The predicted octanol–water partition coefficient (Wildman–Crippen LogP) is 5.40. The highest BCUT2D eigenvalue weighted by atomic mass is 16.5. The molecule has 32 heavy (non-hydrogen) atoms. The van der Waals surface area contributed by atoms with Gasteiger partial charge in [0.2, 0.25) is 0 Å². The largest absolute Gasteiger partial charge is 0.497 e. The number of hydrogen-bond acceptors (Lipinski definition) is 4. The van der Waals surface area contributed by atoms with Gasteiger partial charge in [-0.15, -0.1) is 0 Å². The third kappa shape index (κ3) is 4.89. The van der Waals surface area contributed by atoms with Crippen LogP contribution in [0.3, 0.4) is 0 Å². The Hall–Kier alpha value is -3.44. The quantitative estimate of drug-likeness (QED) is 0.378. The number of pyridine rings is 2. The predicted molar refractivity (Wildman–Crippen MR) is 128 cm³/mol. The molecule has 0 N–H and O–H groups in total. The van der Waals surface area contributed by atoms with Crippen LogP contribution in [0.25, 0.3) is 5.82 Å². The van der Waals surface area contributed by atoms with E-state index < -0.39 is 0 Å². The second kappa shape index (κ2) is 9.79. The van der Waals surface area contributed by atoms with Crippen molar-refractivity contribution in [3.05, 3.63) is 107 Å². The van der Waals surface area contributed by atoms with Gasteiger partial charge in [-0.2, -0.15) is 0 Å². The van der Waals surface area contributed by atoms with Crippen molar-refractivity contribution in [1.82, 2.24) is 19.4 Å². The Morgan fingerprint density at radius 2 is 1.53 bits per heavy atom. The van der Waals surface area contributed by atoms with E-state index in [1.807, 2.05) is 36.8 Å². The molecule has 164 valence electrons. The zero-order chi connectivity index (χ0) is 22.5. The van der Waals surface area contributed by atoms with E-state index in [0.717, 1.165) is 31.2 Å². The van der Waals surface area contributed by atoms with Gasteiger partial charge in [-0.1, -0.05) is 18.2 Å². The average molecular weight is 427 g/mol. The van der Waals surface area contributed by atoms with Gasteiger partial charge in [-0.05, 0) is 79.4 Å². The standard InChI is InChI=1S/C27H30N4O/c1-20-6-5-13-29-27(20)31-21(2)16-25(22(31)3)19-30(18-24-11-14-28-15-12-24)17-23-7-9-26(32-4)10-8-23/h5-16H,17-19H2,1-4H3. The molecule has 3 aromatic heterocycles. The van der Waals surface area contributed by atoms with Gasteiger partial charge >= 0.3 is 0 Å². The van der Waals surface area contributed by atoms with Crippen LogP contribution >= 0.6 is 0 Å². The smallest absolute Gasteiger partial charge is 0.139 e. The Balaban J connectivity index is 1.63. The van der Waals surface area contributed by atoms with Gasteiger partial charge in [0.1, 0.15) is 11.6 Å². The normalized spacial score (nSPS) is 11.2. The summed E-state index contributed by atoms with van der Waals surface area (Å²) in [6, 6.07) is 18.9. The van der Waals surface area contributed by atoms with E-state index in [0.29, 0.717) is 0 Å². The number of benzene rings is 1. The number of ether oxygens (including phenoxy) is 1. The first-order valence-corrected chi connectivity index (χ1v) is 10.9. The average Bonchev–Trinajstić information content (AvgIpc) is 3.08. The monoisotopic (exact) mass is 426 g/mol. The SMILES string of the molecule is COc1ccc(CN(Cc2ccncc2)Cc2cc(C)n(-c3ncccc3C)c2C)cc1. The van der Waals surface area contributed by atoms with E-state index in [-0.39, 0.29) is 0 Å². The maximum absolute atomic E-state index is 5.32. The fourth-order valence-corrected chi connectivity index (χ4v) is 4.17. The van der Waals surface area contributed by atoms with E-state index in [1.54, 1.807) is 7.11 Å². The molecule has 0 atom stereocenters. The highest BCUT2D eigenvalue weighted by molar-refractivity contribution is 5.41. The van der Waals surface area contributed by atoms with Crippen molar-refractivity contribution in [2.45, 2.75) is 40.4 Å². The third-order valence-electron chi connectivity index (χ3n) is 5.84. The van der Waals surface area contributed by atoms with Crippen molar-refractivity contribution >= 4 is 0 Å². The van der Waals surface area contributed by atoms with E-state index in [2.05, 4.69) is 76.6 Å². The maximum atomic E-state index is 5.32. The summed E-state index contributed by atoms with van der Waals surface area (Å²) in [5.74, 6) is 1.88. The van der Waals surface area contributed by atoms with Gasteiger partial charge in [0.15, 0.2) is 0 Å². The molecule has 0 spiro atoms. The van der Waals surface area contributed by atoms with Crippen LogP contribution in [0.5, 0.6) is 5.75 Å². The first-order valence-electron chi connectivity index (χ1n) is 10.9. The fourth-order valence-electron chi connectivity index (χ4n) is 4.17. The second-order valence-corrected chi connectivity index (χ2v) is 8.22. The minimum absolute atomic E-state index is 0.846. The van der Waals surface area contributed by atoms with E-state index in [1.165, 1.54) is 33.6 Å². The van der Waals surface area contributed by atoms with Crippen molar-refractivity contribution in [1.29, 1.82) is 0 Å². The lowest BCUT2D eigenvalue weighted by Crippen LogP contribution is -2.22. The molecule has 4 rings (SSSR count). The van der Waals surface area contributed by atoms with Crippen molar-refractivity contribution < 1.29 is 4.74 Å². The maximum Gasteiger partial charge on any atom is 0.139 e. The molecule has 0 saturated carbocycles. The molecule has 3 heterocycles. The number of aromatic nitrogens is 3. The molecule has 0 bridgehead atoms. The third-order valence-corrected chi connectivity index (χ3v) is 5.84. The van der Waals surface area contributed by atoms with Crippen molar-refractivity contribution in [3.8, 4) is 11.6 Å². The highest BCUT2D eigenvalue weighted by Gasteiger charge is 2.16. The zero-order valence-corrected chi connectivity index (χ0v) is 19.2. The second-order valence-electron chi connectivity index (χ2n) is 8.22. The molecule has 0 aliphatic carbocycles. The summed E-state index contributed by atoms with van der Waals surface area (Å²) in [7, 11) is 1.70. The molecular weight excluding hydrogens is 396 g/mol. The molecule has 0 radical (unpaired) electrons. The van der Waals surface area contributed by atoms with Crippen LogP contribution in [0, 0.1) is 20.8 Å². The molecule has 0 unspecified atom stereocenters. The van der Waals surface area contributed by atoms with Gasteiger partial charge in [0.05, 0.1) is 7.11 Å². The minimum Gasteiger partial charge on any atom is -0.497 e. The molecule has 0 aliphatic heterocycles. The van der Waals surface area contributed by atoms with Gasteiger partial charge < -0.3 is 9.30 Å². The zero-order valence-electron chi connectivity index (χ0n) is 19.2. The van der Waals surface area contributed by atoms with Gasteiger partial charge in [0, 0.05) is 49.6 Å². The summed E-state index contributed by atoms with van der Waals surface area (Å²) in [5.41, 5.74) is 7.44. The molecule has 4 aromatic rings. The Morgan fingerprint density at radius 3 is 2.19 bits per heavy atom. The topological polar surface area (TPSA) is 43.2 Å². The molecule has 1 aromatic carbocycles. The molecule has 5 nitrogen and oxygen atoms in total. The first-order chi connectivity index (χ1) is 15.5. The van der Waals surface area contributed by atoms with Crippen molar-refractivity contribution in [3.63, 3.8) is 0 Å². The van der Waals surface area contributed by atoms with Crippen molar-refractivity contribution in [2.75, 3.05) is 7.11 Å². The lowest BCUT2D eigenvalue weighted by molar-refractivity contribution is 0.247. The van der Waals surface area contributed by atoms with E-state index in [9.17, 15) is 0 Å². The number of aryl methyl sites for hydroxylation is 2. The Bertz CT molecular complexity index is 1170. The summed E-state index contributed by atoms with van der Waals surface area (Å²) in [5, 5.41) is 0. The van der Waals surface area contributed by atoms with E-state index in [4.69, 9.17) is 4.74 Å². The van der Waals surface area contributed by atoms with Gasteiger partial charge in [0.25, 0.3) is 0 Å². The molecular formula is C27H30N4O.